The summed E-state index contributed by atoms with van der Waals surface area (Å²) in [6, 6.07) is 6.36. The van der Waals surface area contributed by atoms with Crippen LogP contribution in [0.15, 0.2) is 29.4 Å². The first kappa shape index (κ1) is 23.1. The molecule has 1 fully saturated rings. The van der Waals surface area contributed by atoms with Gasteiger partial charge >= 0.3 is 6.18 Å². The fourth-order valence-electron chi connectivity index (χ4n) is 2.93. The van der Waals surface area contributed by atoms with Crippen molar-refractivity contribution in [1.82, 2.24) is 14.8 Å². The van der Waals surface area contributed by atoms with E-state index in [9.17, 15) is 22.8 Å². The first-order valence-electron chi connectivity index (χ1n) is 9.55. The molecular weight excluding hydrogens is 435 g/mol. The van der Waals surface area contributed by atoms with E-state index in [0.717, 1.165) is 16.3 Å². The highest BCUT2D eigenvalue weighted by atomic mass is 32.2. The summed E-state index contributed by atoms with van der Waals surface area (Å²) in [6.45, 7) is 3.36. The van der Waals surface area contributed by atoms with Crippen LogP contribution in [0.1, 0.15) is 24.2 Å². The van der Waals surface area contributed by atoms with Crippen molar-refractivity contribution in [2.24, 2.45) is 0 Å². The lowest BCUT2D eigenvalue weighted by Crippen LogP contribution is -2.38. The Hall–Kier alpha value is -2.60. The predicted octanol–water partition coefficient (Wildman–Crippen LogP) is 3.00. The Morgan fingerprint density at radius 3 is 2.42 bits per heavy atom. The number of thioether (sulfide) groups is 1. The number of alkyl halides is 3. The maximum absolute atomic E-state index is 13.2. The fraction of sp³-hybridized carbons (Fsp3) is 0.474. The van der Waals surface area contributed by atoms with Crippen molar-refractivity contribution in [2.45, 2.75) is 37.0 Å². The second-order valence-electron chi connectivity index (χ2n) is 6.97. The Kier molecular flexibility index (Phi) is 7.21. The highest BCUT2D eigenvalue weighted by molar-refractivity contribution is 8.00. The number of rotatable bonds is 7. The number of nitrogens with one attached hydrogen (secondary N) is 1. The number of aromatic nitrogens is 3. The van der Waals surface area contributed by atoms with Crippen molar-refractivity contribution in [3.63, 3.8) is 0 Å². The lowest BCUT2D eigenvalue weighted by molar-refractivity contribution is -0.141. The highest BCUT2D eigenvalue weighted by Gasteiger charge is 2.33. The molecule has 8 nitrogen and oxygen atoms in total. The summed E-state index contributed by atoms with van der Waals surface area (Å²) in [5.74, 6) is -0.396. The molecule has 1 N–H and O–H groups in total. The molecule has 12 heteroatoms. The fourth-order valence-corrected chi connectivity index (χ4v) is 3.77. The van der Waals surface area contributed by atoms with Gasteiger partial charge in [-0.1, -0.05) is 11.8 Å². The number of hydrogen-bond acceptors (Lipinski definition) is 7. The molecule has 2 heterocycles. The van der Waals surface area contributed by atoms with E-state index in [-0.39, 0.29) is 16.9 Å². The number of ether oxygens (including phenoxy) is 1. The molecule has 2 aromatic rings. The summed E-state index contributed by atoms with van der Waals surface area (Å²) >= 11 is 0.896. The summed E-state index contributed by atoms with van der Waals surface area (Å²) in [5, 5.41) is 9.82. The van der Waals surface area contributed by atoms with Crippen LogP contribution in [0.3, 0.4) is 0 Å². The van der Waals surface area contributed by atoms with E-state index in [4.69, 9.17) is 4.74 Å². The SMILES string of the molecule is CC(=O)c1ccc(NC(=O)C(C)Sc2nnc(N3CCOCC3)n2CC(F)(F)F)cc1. The molecule has 1 aromatic carbocycles. The third-order valence-corrected chi connectivity index (χ3v) is 5.62. The quantitative estimate of drug-likeness (QED) is 0.505. The molecule has 1 unspecified atom stereocenters. The van der Waals surface area contributed by atoms with E-state index in [1.807, 2.05) is 0 Å². The number of anilines is 2. The van der Waals surface area contributed by atoms with Gasteiger partial charge in [-0.2, -0.15) is 13.2 Å². The van der Waals surface area contributed by atoms with Gasteiger partial charge in [0.25, 0.3) is 0 Å². The molecule has 0 bridgehead atoms. The monoisotopic (exact) mass is 457 g/mol. The molecule has 0 saturated carbocycles. The average Bonchev–Trinajstić information content (AvgIpc) is 3.09. The zero-order chi connectivity index (χ0) is 22.6. The van der Waals surface area contributed by atoms with Gasteiger partial charge in [0.2, 0.25) is 11.9 Å². The summed E-state index contributed by atoms with van der Waals surface area (Å²) < 4.78 is 45.8. The molecule has 0 radical (unpaired) electrons. The Morgan fingerprint density at radius 2 is 1.84 bits per heavy atom. The summed E-state index contributed by atoms with van der Waals surface area (Å²) in [7, 11) is 0. The van der Waals surface area contributed by atoms with E-state index in [1.165, 1.54) is 6.92 Å². The molecule has 168 valence electrons. The molecular formula is C19H22F3N5O3S. The largest absolute Gasteiger partial charge is 0.406 e. The number of nitrogens with zero attached hydrogens (tertiary/aromatic N) is 4. The normalized spacial score (nSPS) is 15.6. The van der Waals surface area contributed by atoms with Crippen molar-refractivity contribution in [2.75, 3.05) is 36.5 Å². The Labute approximate surface area is 181 Å². The second-order valence-corrected chi connectivity index (χ2v) is 8.27. The molecule has 31 heavy (non-hydrogen) atoms. The summed E-state index contributed by atoms with van der Waals surface area (Å²) in [4.78, 5) is 25.6. The number of carbonyl (C=O) groups excluding carboxylic acids is 2. The van der Waals surface area contributed by atoms with Gasteiger partial charge < -0.3 is 15.0 Å². The zero-order valence-corrected chi connectivity index (χ0v) is 17.8. The van der Waals surface area contributed by atoms with Crippen molar-refractivity contribution < 1.29 is 27.5 Å². The number of benzene rings is 1. The van der Waals surface area contributed by atoms with Gasteiger partial charge in [0.1, 0.15) is 6.54 Å². The lowest BCUT2D eigenvalue weighted by Gasteiger charge is -2.28. The predicted molar refractivity (Wildman–Crippen MR) is 110 cm³/mol. The highest BCUT2D eigenvalue weighted by Crippen LogP contribution is 2.30. The topological polar surface area (TPSA) is 89.3 Å². The lowest BCUT2D eigenvalue weighted by atomic mass is 10.1. The molecule has 1 aliphatic heterocycles. The van der Waals surface area contributed by atoms with Gasteiger partial charge in [-0.3, -0.25) is 14.2 Å². The third-order valence-electron chi connectivity index (χ3n) is 4.54. The first-order valence-corrected chi connectivity index (χ1v) is 10.4. The van der Waals surface area contributed by atoms with Crippen LogP contribution in [0.5, 0.6) is 0 Å². The van der Waals surface area contributed by atoms with Crippen LogP contribution in [0.4, 0.5) is 24.8 Å². The number of carbonyl (C=O) groups is 2. The van der Waals surface area contributed by atoms with Crippen LogP contribution in [-0.4, -0.2) is 64.2 Å². The molecule has 1 aliphatic rings. The average molecular weight is 457 g/mol. The van der Waals surface area contributed by atoms with Crippen molar-refractivity contribution in [1.29, 1.82) is 0 Å². The maximum Gasteiger partial charge on any atom is 0.406 e. The standard InChI is InChI=1S/C19H22F3N5O3S/c1-12(28)14-3-5-15(6-4-14)23-16(29)13(2)31-18-25-24-17(26-7-9-30-10-8-26)27(18)11-19(20,21)22/h3-6,13H,7-11H2,1-2H3,(H,23,29). The molecule has 1 saturated heterocycles. The van der Waals surface area contributed by atoms with Crippen LogP contribution in [0, 0.1) is 0 Å². The van der Waals surface area contributed by atoms with Crippen molar-refractivity contribution in [3.8, 4) is 0 Å². The van der Waals surface area contributed by atoms with E-state index in [1.54, 1.807) is 36.1 Å². The smallest absolute Gasteiger partial charge is 0.378 e. The van der Waals surface area contributed by atoms with Gasteiger partial charge in [-0.15, -0.1) is 10.2 Å². The Balaban J connectivity index is 1.73. The Morgan fingerprint density at radius 1 is 1.19 bits per heavy atom. The van der Waals surface area contributed by atoms with Crippen LogP contribution < -0.4 is 10.2 Å². The minimum atomic E-state index is -4.47. The Bertz CT molecular complexity index is 927. The van der Waals surface area contributed by atoms with Gasteiger partial charge in [0.15, 0.2) is 10.9 Å². The van der Waals surface area contributed by atoms with Gasteiger partial charge in [0.05, 0.1) is 18.5 Å². The van der Waals surface area contributed by atoms with Crippen LogP contribution in [0.2, 0.25) is 0 Å². The minimum absolute atomic E-state index is 0.00777. The number of ketones is 1. The van der Waals surface area contributed by atoms with Gasteiger partial charge in [-0.25, -0.2) is 0 Å². The molecule has 3 rings (SSSR count). The molecule has 1 amide bonds. The number of halogens is 3. The summed E-state index contributed by atoms with van der Waals surface area (Å²) in [5.41, 5.74) is 0.990. The third kappa shape index (κ3) is 6.20. The van der Waals surface area contributed by atoms with Crippen LogP contribution in [-0.2, 0) is 16.1 Å². The number of amides is 1. The number of Topliss-reactive ketones (excluding diaryl/α,β-unsaturated/α-hetero) is 1. The first-order chi connectivity index (χ1) is 14.6. The van der Waals surface area contributed by atoms with Gasteiger partial charge in [0, 0.05) is 24.3 Å². The van der Waals surface area contributed by atoms with E-state index in [2.05, 4.69) is 15.5 Å². The van der Waals surface area contributed by atoms with Crippen LogP contribution >= 0.6 is 11.8 Å². The molecule has 1 aromatic heterocycles. The second kappa shape index (κ2) is 9.69. The molecule has 0 spiro atoms. The van der Waals surface area contributed by atoms with Crippen molar-refractivity contribution in [3.05, 3.63) is 29.8 Å². The van der Waals surface area contributed by atoms with Gasteiger partial charge in [-0.05, 0) is 38.1 Å². The molecule has 0 aliphatic carbocycles. The summed E-state index contributed by atoms with van der Waals surface area (Å²) in [6.07, 6.45) is -4.47. The molecule has 1 atom stereocenters. The van der Waals surface area contributed by atoms with E-state index in [0.29, 0.717) is 37.6 Å². The van der Waals surface area contributed by atoms with Crippen molar-refractivity contribution >= 4 is 35.1 Å². The zero-order valence-electron chi connectivity index (χ0n) is 17.0. The number of hydrogen-bond donors (Lipinski definition) is 1. The minimum Gasteiger partial charge on any atom is -0.378 e. The van der Waals surface area contributed by atoms with E-state index >= 15 is 0 Å². The number of morpholine rings is 1. The maximum atomic E-state index is 13.2. The van der Waals surface area contributed by atoms with Crippen LogP contribution in [0.25, 0.3) is 0 Å². The van der Waals surface area contributed by atoms with E-state index < -0.39 is 23.9 Å².